The van der Waals surface area contributed by atoms with Gasteiger partial charge in [-0.05, 0) is 133 Å². The Labute approximate surface area is 293 Å². The smallest absolute Gasteiger partial charge is 0.0316 e. The maximum Gasteiger partial charge on any atom is 0.0316 e. The molecule has 0 spiro atoms. The summed E-state index contributed by atoms with van der Waals surface area (Å²) < 4.78 is 0. The van der Waals surface area contributed by atoms with Gasteiger partial charge in [0.2, 0.25) is 0 Å². The summed E-state index contributed by atoms with van der Waals surface area (Å²) in [6, 6.07) is 31.6. The number of aryl methyl sites for hydroxylation is 4. The van der Waals surface area contributed by atoms with Crippen LogP contribution in [-0.4, -0.2) is 0 Å². The van der Waals surface area contributed by atoms with E-state index in [0.717, 1.165) is 37.1 Å². The number of unbranched alkanes of at least 4 members (excludes halogenated alkanes) is 11. The summed E-state index contributed by atoms with van der Waals surface area (Å²) in [6.07, 6.45) is 25.2. The van der Waals surface area contributed by atoms with Crippen molar-refractivity contribution in [3.8, 4) is 0 Å². The van der Waals surface area contributed by atoms with Gasteiger partial charge in [0.25, 0.3) is 0 Å². The van der Waals surface area contributed by atoms with E-state index in [1.165, 1.54) is 147 Å². The van der Waals surface area contributed by atoms with E-state index in [1.807, 2.05) is 0 Å². The van der Waals surface area contributed by atoms with Crippen LogP contribution in [0.2, 0.25) is 0 Å². The van der Waals surface area contributed by atoms with Crippen LogP contribution in [0, 0.1) is 0 Å². The van der Waals surface area contributed by atoms with Gasteiger partial charge in [0.15, 0.2) is 0 Å². The zero-order valence-corrected chi connectivity index (χ0v) is 30.4. The molecule has 0 aliphatic carbocycles. The average Bonchev–Trinajstić information content (AvgIpc) is 3.10. The Morgan fingerprint density at radius 3 is 1.02 bits per heavy atom. The van der Waals surface area contributed by atoms with Gasteiger partial charge >= 0.3 is 0 Å². The molecule has 0 amide bonds. The van der Waals surface area contributed by atoms with Gasteiger partial charge in [0.05, 0.1) is 0 Å². The Bertz CT molecular complexity index is 1340. The van der Waals surface area contributed by atoms with Gasteiger partial charge in [-0.15, -0.1) is 0 Å². The normalized spacial score (nSPS) is 11.3. The summed E-state index contributed by atoms with van der Waals surface area (Å²) >= 11 is 0. The summed E-state index contributed by atoms with van der Waals surface area (Å²) in [7, 11) is 0. The number of rotatable bonds is 23. The fourth-order valence-corrected chi connectivity index (χ4v) is 7.00. The lowest BCUT2D eigenvalue weighted by Gasteiger charge is -2.11. The predicted octanol–water partition coefficient (Wildman–Crippen LogP) is 12.4. The third kappa shape index (κ3) is 13.5. The minimum Gasteiger partial charge on any atom is -0.399 e. The average molecular weight is 645 g/mol. The zero-order chi connectivity index (χ0) is 33.8. The highest BCUT2D eigenvalue weighted by Gasteiger charge is 2.07. The molecule has 0 saturated heterocycles. The van der Waals surface area contributed by atoms with Crippen LogP contribution >= 0.6 is 0 Å². The molecule has 0 fully saturated rings. The first-order valence-electron chi connectivity index (χ1n) is 19.4. The molecule has 258 valence electrons. The second kappa shape index (κ2) is 21.5. The van der Waals surface area contributed by atoms with E-state index in [2.05, 4.69) is 98.8 Å². The Hall–Kier alpha value is -3.52. The van der Waals surface area contributed by atoms with Crippen LogP contribution in [0.4, 0.5) is 11.4 Å². The molecule has 0 aliphatic heterocycles. The Balaban J connectivity index is 1.01. The van der Waals surface area contributed by atoms with E-state index in [1.54, 1.807) is 0 Å². The van der Waals surface area contributed by atoms with Gasteiger partial charge in [0.1, 0.15) is 0 Å². The van der Waals surface area contributed by atoms with E-state index in [0.29, 0.717) is 0 Å². The summed E-state index contributed by atoms with van der Waals surface area (Å²) in [4.78, 5) is 0. The van der Waals surface area contributed by atoms with E-state index >= 15 is 0 Å². The molecule has 4 N–H and O–H groups in total. The molecule has 0 radical (unpaired) electrons. The molecular formula is C46H64N2. The predicted molar refractivity (Wildman–Crippen MR) is 211 cm³/mol. The molecule has 0 aliphatic rings. The second-order valence-electron chi connectivity index (χ2n) is 14.3. The van der Waals surface area contributed by atoms with Crippen molar-refractivity contribution in [3.05, 3.63) is 129 Å². The SMILES string of the molecule is CCCCc1cc(N)ccc1Cc1ccc(CCCCCCCCCCCCc2ccc(Cc3ccc(N)cc3CCCC)cc2)cc1. The van der Waals surface area contributed by atoms with Gasteiger partial charge in [-0.3, -0.25) is 0 Å². The quantitative estimate of drug-likeness (QED) is 0.0623. The number of anilines is 2. The van der Waals surface area contributed by atoms with Crippen LogP contribution in [-0.2, 0) is 38.5 Å². The minimum absolute atomic E-state index is 0.881. The molecule has 0 bridgehead atoms. The molecule has 4 aromatic rings. The Morgan fingerprint density at radius 2 is 0.667 bits per heavy atom. The van der Waals surface area contributed by atoms with Crippen molar-refractivity contribution in [2.45, 2.75) is 142 Å². The van der Waals surface area contributed by atoms with Crippen molar-refractivity contribution >= 4 is 11.4 Å². The first-order valence-corrected chi connectivity index (χ1v) is 19.4. The first kappa shape index (κ1) is 37.3. The maximum atomic E-state index is 6.07. The molecule has 2 heteroatoms. The van der Waals surface area contributed by atoms with Gasteiger partial charge in [0, 0.05) is 11.4 Å². The van der Waals surface area contributed by atoms with Gasteiger partial charge in [-0.25, -0.2) is 0 Å². The molecule has 0 unspecified atom stereocenters. The van der Waals surface area contributed by atoms with E-state index in [-0.39, 0.29) is 0 Å². The summed E-state index contributed by atoms with van der Waals surface area (Å²) in [5.41, 5.74) is 25.4. The van der Waals surface area contributed by atoms with Crippen molar-refractivity contribution in [2.24, 2.45) is 0 Å². The highest BCUT2D eigenvalue weighted by Crippen LogP contribution is 2.22. The fraction of sp³-hybridized carbons (Fsp3) is 0.478. The molecule has 4 rings (SSSR count). The summed E-state index contributed by atoms with van der Waals surface area (Å²) in [6.45, 7) is 4.51. The van der Waals surface area contributed by atoms with Crippen molar-refractivity contribution in [2.75, 3.05) is 11.5 Å². The third-order valence-corrected chi connectivity index (χ3v) is 10.1. The standard InChI is InChI=1S/C46H64N2/c1-3-5-19-41-35-45(47)31-29-43(41)33-39-25-21-37(22-26-39)17-15-13-11-9-7-8-10-12-14-16-18-38-23-27-40(28-24-38)34-44-30-32-46(48)36-42(44)20-6-4-2/h21-32,35-36H,3-20,33-34,47-48H2,1-2H3. The maximum absolute atomic E-state index is 6.07. The highest BCUT2D eigenvalue weighted by atomic mass is 14.5. The van der Waals surface area contributed by atoms with E-state index in [9.17, 15) is 0 Å². The largest absolute Gasteiger partial charge is 0.399 e. The minimum atomic E-state index is 0.881. The number of nitrogens with two attached hydrogens (primary N) is 2. The lowest BCUT2D eigenvalue weighted by molar-refractivity contribution is 0.551. The topological polar surface area (TPSA) is 52.0 Å². The van der Waals surface area contributed by atoms with E-state index < -0.39 is 0 Å². The second-order valence-corrected chi connectivity index (χ2v) is 14.3. The van der Waals surface area contributed by atoms with Gasteiger partial charge < -0.3 is 11.5 Å². The molecule has 4 aromatic carbocycles. The van der Waals surface area contributed by atoms with Crippen molar-refractivity contribution in [1.29, 1.82) is 0 Å². The van der Waals surface area contributed by atoms with Crippen molar-refractivity contribution in [3.63, 3.8) is 0 Å². The summed E-state index contributed by atoms with van der Waals surface area (Å²) in [5, 5.41) is 0. The highest BCUT2D eigenvalue weighted by molar-refractivity contribution is 5.47. The van der Waals surface area contributed by atoms with Crippen LogP contribution in [0.1, 0.15) is 148 Å². The molecule has 2 nitrogen and oxygen atoms in total. The molecule has 0 aromatic heterocycles. The monoisotopic (exact) mass is 645 g/mol. The first-order chi connectivity index (χ1) is 23.5. The Kier molecular flexibility index (Phi) is 16.7. The number of benzene rings is 4. The van der Waals surface area contributed by atoms with Crippen LogP contribution in [0.3, 0.4) is 0 Å². The molecule has 0 heterocycles. The summed E-state index contributed by atoms with van der Waals surface area (Å²) in [5.74, 6) is 0. The lowest BCUT2D eigenvalue weighted by Crippen LogP contribution is -1.98. The molecule has 0 saturated carbocycles. The van der Waals surface area contributed by atoms with E-state index in [4.69, 9.17) is 11.5 Å². The van der Waals surface area contributed by atoms with Gasteiger partial charge in [-0.1, -0.05) is 139 Å². The van der Waals surface area contributed by atoms with Crippen LogP contribution in [0.5, 0.6) is 0 Å². The number of hydrogen-bond acceptors (Lipinski definition) is 2. The zero-order valence-electron chi connectivity index (χ0n) is 30.4. The van der Waals surface area contributed by atoms with Crippen LogP contribution in [0.25, 0.3) is 0 Å². The number of hydrogen-bond donors (Lipinski definition) is 2. The molecule has 48 heavy (non-hydrogen) atoms. The van der Waals surface area contributed by atoms with Crippen molar-refractivity contribution < 1.29 is 0 Å². The van der Waals surface area contributed by atoms with Crippen LogP contribution < -0.4 is 11.5 Å². The third-order valence-electron chi connectivity index (χ3n) is 10.1. The number of nitrogen functional groups attached to an aromatic ring is 2. The molecular weight excluding hydrogens is 581 g/mol. The Morgan fingerprint density at radius 1 is 0.333 bits per heavy atom. The lowest BCUT2D eigenvalue weighted by atomic mass is 9.95. The fourth-order valence-electron chi connectivity index (χ4n) is 7.00. The van der Waals surface area contributed by atoms with Crippen LogP contribution in [0.15, 0.2) is 84.9 Å². The molecule has 0 atom stereocenters. The van der Waals surface area contributed by atoms with Crippen molar-refractivity contribution in [1.82, 2.24) is 0 Å². The van der Waals surface area contributed by atoms with Gasteiger partial charge in [-0.2, -0.15) is 0 Å².